The van der Waals surface area contributed by atoms with Crippen molar-refractivity contribution < 1.29 is 0 Å². The van der Waals surface area contributed by atoms with Crippen molar-refractivity contribution in [2.24, 2.45) is 0 Å². The minimum absolute atomic E-state index is 0.420. The van der Waals surface area contributed by atoms with Gasteiger partial charge in [-0.2, -0.15) is 0 Å². The van der Waals surface area contributed by atoms with Crippen LogP contribution in [0.25, 0.3) is 11.1 Å². The average molecular weight is 345 g/mol. The highest BCUT2D eigenvalue weighted by Gasteiger charge is 2.13. The number of hydrogen-bond acceptors (Lipinski definition) is 2. The molecule has 3 aromatic carbocycles. The minimum Gasteiger partial charge on any atom is -0.318 e. The van der Waals surface area contributed by atoms with Crippen molar-refractivity contribution >= 4 is 0 Å². The van der Waals surface area contributed by atoms with Gasteiger partial charge in [-0.05, 0) is 42.3 Å². The van der Waals surface area contributed by atoms with E-state index in [1.165, 1.54) is 22.3 Å². The Hall–Kier alpha value is -2.42. The second kappa shape index (κ2) is 9.91. The Balaban J connectivity index is 1.75. The van der Waals surface area contributed by atoms with Crippen LogP contribution in [0.5, 0.6) is 0 Å². The average Bonchev–Trinajstić information content (AvgIpc) is 2.72. The van der Waals surface area contributed by atoms with Crippen LogP contribution in [-0.2, 0) is 0 Å². The molecule has 3 rings (SSSR count). The third-order valence-electron chi connectivity index (χ3n) is 4.78. The second-order valence-corrected chi connectivity index (χ2v) is 6.59. The van der Waals surface area contributed by atoms with Gasteiger partial charge in [-0.1, -0.05) is 84.9 Å². The SMILES string of the molecule is CNCCNCCC(c1ccccc1)c1ccc(-c2ccccc2)cc1. The highest BCUT2D eigenvalue weighted by molar-refractivity contribution is 5.63. The predicted octanol–water partition coefficient (Wildman–Crippen LogP) is 4.68. The third kappa shape index (κ3) is 5.04. The second-order valence-electron chi connectivity index (χ2n) is 6.59. The van der Waals surface area contributed by atoms with Gasteiger partial charge in [0.05, 0.1) is 0 Å². The molecule has 0 fully saturated rings. The van der Waals surface area contributed by atoms with Gasteiger partial charge in [-0.25, -0.2) is 0 Å². The van der Waals surface area contributed by atoms with E-state index in [1.54, 1.807) is 0 Å². The molecule has 1 atom stereocenters. The summed E-state index contributed by atoms with van der Waals surface area (Å²) in [5, 5.41) is 6.71. The molecule has 26 heavy (non-hydrogen) atoms. The van der Waals surface area contributed by atoms with Gasteiger partial charge in [0.25, 0.3) is 0 Å². The first-order valence-electron chi connectivity index (χ1n) is 9.44. The number of rotatable bonds is 9. The third-order valence-corrected chi connectivity index (χ3v) is 4.78. The fourth-order valence-corrected chi connectivity index (χ4v) is 3.33. The summed E-state index contributed by atoms with van der Waals surface area (Å²) in [4.78, 5) is 0. The van der Waals surface area contributed by atoms with Crippen LogP contribution in [0, 0.1) is 0 Å². The Morgan fingerprint density at radius 2 is 1.19 bits per heavy atom. The summed E-state index contributed by atoms with van der Waals surface area (Å²) in [7, 11) is 1.99. The Morgan fingerprint density at radius 1 is 0.615 bits per heavy atom. The molecule has 134 valence electrons. The van der Waals surface area contributed by atoms with E-state index in [9.17, 15) is 0 Å². The molecule has 0 amide bonds. The van der Waals surface area contributed by atoms with Crippen molar-refractivity contribution in [1.29, 1.82) is 0 Å². The molecule has 0 saturated heterocycles. The molecular formula is C24H28N2. The number of likely N-dealkylation sites (N-methyl/N-ethyl adjacent to an activating group) is 1. The lowest BCUT2D eigenvalue weighted by molar-refractivity contribution is 0.597. The van der Waals surface area contributed by atoms with Gasteiger partial charge < -0.3 is 10.6 Å². The van der Waals surface area contributed by atoms with Crippen molar-refractivity contribution in [3.05, 3.63) is 96.1 Å². The number of nitrogens with one attached hydrogen (secondary N) is 2. The van der Waals surface area contributed by atoms with Crippen LogP contribution in [0.3, 0.4) is 0 Å². The molecule has 3 aromatic rings. The Bertz CT molecular complexity index is 751. The summed E-state index contributed by atoms with van der Waals surface area (Å²) in [6.07, 6.45) is 1.10. The zero-order chi connectivity index (χ0) is 18.0. The van der Waals surface area contributed by atoms with Crippen LogP contribution in [0.15, 0.2) is 84.9 Å². The summed E-state index contributed by atoms with van der Waals surface area (Å²) in [5.41, 5.74) is 5.30. The lowest BCUT2D eigenvalue weighted by Gasteiger charge is -2.19. The van der Waals surface area contributed by atoms with Crippen LogP contribution < -0.4 is 10.6 Å². The van der Waals surface area contributed by atoms with Crippen molar-refractivity contribution in [1.82, 2.24) is 10.6 Å². The molecule has 0 bridgehead atoms. The monoisotopic (exact) mass is 344 g/mol. The summed E-state index contributed by atoms with van der Waals surface area (Å²) < 4.78 is 0. The van der Waals surface area contributed by atoms with Crippen molar-refractivity contribution in [2.45, 2.75) is 12.3 Å². The van der Waals surface area contributed by atoms with E-state index >= 15 is 0 Å². The summed E-state index contributed by atoms with van der Waals surface area (Å²) in [6.45, 7) is 3.02. The molecule has 0 radical (unpaired) electrons. The van der Waals surface area contributed by atoms with E-state index in [0.717, 1.165) is 26.1 Å². The van der Waals surface area contributed by atoms with Gasteiger partial charge in [0.1, 0.15) is 0 Å². The van der Waals surface area contributed by atoms with Crippen molar-refractivity contribution in [2.75, 3.05) is 26.7 Å². The van der Waals surface area contributed by atoms with E-state index in [-0.39, 0.29) is 0 Å². The largest absolute Gasteiger partial charge is 0.318 e. The molecule has 0 aliphatic rings. The van der Waals surface area contributed by atoms with E-state index in [4.69, 9.17) is 0 Å². The minimum atomic E-state index is 0.420. The molecule has 0 aliphatic heterocycles. The van der Waals surface area contributed by atoms with Gasteiger partial charge in [-0.3, -0.25) is 0 Å². The standard InChI is InChI=1S/C24H28N2/c1-25-18-19-26-17-16-24(22-10-6-3-7-11-22)23-14-12-21(13-15-23)20-8-4-2-5-9-20/h2-15,24-26H,16-19H2,1H3. The van der Waals surface area contributed by atoms with Crippen molar-refractivity contribution in [3.63, 3.8) is 0 Å². The number of benzene rings is 3. The number of hydrogen-bond donors (Lipinski definition) is 2. The van der Waals surface area contributed by atoms with Crippen LogP contribution in [-0.4, -0.2) is 26.7 Å². The zero-order valence-corrected chi connectivity index (χ0v) is 15.5. The molecule has 0 spiro atoms. The van der Waals surface area contributed by atoms with Gasteiger partial charge in [0.15, 0.2) is 0 Å². The van der Waals surface area contributed by atoms with Gasteiger partial charge in [-0.15, -0.1) is 0 Å². The predicted molar refractivity (Wildman–Crippen MR) is 112 cm³/mol. The van der Waals surface area contributed by atoms with E-state index < -0.39 is 0 Å². The zero-order valence-electron chi connectivity index (χ0n) is 15.5. The smallest absolute Gasteiger partial charge is 0.0101 e. The fourth-order valence-electron chi connectivity index (χ4n) is 3.33. The molecular weight excluding hydrogens is 316 g/mol. The van der Waals surface area contributed by atoms with Crippen LogP contribution >= 0.6 is 0 Å². The van der Waals surface area contributed by atoms with E-state index in [2.05, 4.69) is 95.6 Å². The van der Waals surface area contributed by atoms with Crippen LogP contribution in [0.1, 0.15) is 23.5 Å². The van der Waals surface area contributed by atoms with E-state index in [1.807, 2.05) is 7.05 Å². The van der Waals surface area contributed by atoms with Crippen molar-refractivity contribution in [3.8, 4) is 11.1 Å². The molecule has 1 unspecified atom stereocenters. The van der Waals surface area contributed by atoms with Gasteiger partial charge in [0.2, 0.25) is 0 Å². The Labute approximate surface area is 157 Å². The first-order chi connectivity index (χ1) is 12.9. The topological polar surface area (TPSA) is 24.1 Å². The first-order valence-corrected chi connectivity index (χ1v) is 9.44. The van der Waals surface area contributed by atoms with Gasteiger partial charge in [0, 0.05) is 19.0 Å². The molecule has 2 N–H and O–H groups in total. The first kappa shape index (κ1) is 18.4. The van der Waals surface area contributed by atoms with Crippen LogP contribution in [0.4, 0.5) is 0 Å². The highest BCUT2D eigenvalue weighted by atomic mass is 14.9. The molecule has 0 heterocycles. The summed E-state index contributed by atoms with van der Waals surface area (Å²) in [5.74, 6) is 0.420. The lowest BCUT2D eigenvalue weighted by atomic mass is 9.87. The van der Waals surface area contributed by atoms with Gasteiger partial charge >= 0.3 is 0 Å². The molecule has 2 heteroatoms. The molecule has 0 aromatic heterocycles. The maximum atomic E-state index is 3.53. The molecule has 0 aliphatic carbocycles. The lowest BCUT2D eigenvalue weighted by Crippen LogP contribution is -2.26. The summed E-state index contributed by atoms with van der Waals surface area (Å²) >= 11 is 0. The Kier molecular flexibility index (Phi) is 7.00. The quantitative estimate of drug-likeness (QED) is 0.551. The normalized spacial score (nSPS) is 12.0. The highest BCUT2D eigenvalue weighted by Crippen LogP contribution is 2.29. The molecule has 2 nitrogen and oxygen atoms in total. The van der Waals surface area contributed by atoms with E-state index in [0.29, 0.717) is 5.92 Å². The fraction of sp³-hybridized carbons (Fsp3) is 0.250. The molecule has 0 saturated carbocycles. The summed E-state index contributed by atoms with van der Waals surface area (Å²) in [6, 6.07) is 30.5. The maximum Gasteiger partial charge on any atom is 0.0101 e. The Morgan fingerprint density at radius 3 is 1.85 bits per heavy atom. The maximum absolute atomic E-state index is 3.53. The van der Waals surface area contributed by atoms with Crippen LogP contribution in [0.2, 0.25) is 0 Å².